The van der Waals surface area contributed by atoms with Gasteiger partial charge in [-0.25, -0.2) is 9.37 Å². The van der Waals surface area contributed by atoms with Crippen LogP contribution < -0.4 is 15.0 Å². The number of nitrogens with zero attached hydrogens (tertiary/aromatic N) is 1. The Morgan fingerprint density at radius 2 is 1.80 bits per heavy atom. The molecule has 30 heavy (non-hydrogen) atoms. The van der Waals surface area contributed by atoms with Crippen LogP contribution in [0, 0.1) is 5.82 Å². The van der Waals surface area contributed by atoms with Gasteiger partial charge in [-0.15, -0.1) is 0 Å². The molecule has 0 saturated heterocycles. The molecule has 0 saturated carbocycles. The van der Waals surface area contributed by atoms with Gasteiger partial charge < -0.3 is 14.5 Å². The van der Waals surface area contributed by atoms with E-state index in [9.17, 15) is 9.18 Å². The SMILES string of the molecule is COc1cc(/C=C/c2nc3ccccc3[nH]c2=O)ccc1OCc1ccc(F)cc1. The number of halogens is 1. The van der Waals surface area contributed by atoms with Gasteiger partial charge in [-0.1, -0.05) is 36.4 Å². The van der Waals surface area contributed by atoms with Crippen LogP contribution in [0.2, 0.25) is 0 Å². The molecule has 0 radical (unpaired) electrons. The van der Waals surface area contributed by atoms with E-state index >= 15 is 0 Å². The van der Waals surface area contributed by atoms with Gasteiger partial charge in [-0.3, -0.25) is 4.79 Å². The fourth-order valence-electron chi connectivity index (χ4n) is 2.98. The first-order valence-corrected chi connectivity index (χ1v) is 9.35. The van der Waals surface area contributed by atoms with Crippen molar-refractivity contribution in [2.75, 3.05) is 7.11 Å². The number of ether oxygens (including phenoxy) is 2. The molecule has 0 fully saturated rings. The van der Waals surface area contributed by atoms with Crippen LogP contribution >= 0.6 is 0 Å². The Bertz CT molecular complexity index is 1260. The van der Waals surface area contributed by atoms with E-state index in [4.69, 9.17) is 9.47 Å². The molecule has 4 aromatic rings. The van der Waals surface area contributed by atoms with E-state index in [-0.39, 0.29) is 11.4 Å². The van der Waals surface area contributed by atoms with Crippen molar-refractivity contribution < 1.29 is 13.9 Å². The first-order chi connectivity index (χ1) is 14.6. The Balaban J connectivity index is 1.53. The molecule has 1 heterocycles. The van der Waals surface area contributed by atoms with E-state index in [1.807, 2.05) is 36.4 Å². The van der Waals surface area contributed by atoms with Crippen LogP contribution in [-0.4, -0.2) is 17.1 Å². The highest BCUT2D eigenvalue weighted by Gasteiger charge is 2.06. The number of methoxy groups -OCH3 is 1. The van der Waals surface area contributed by atoms with Crippen LogP contribution in [0.1, 0.15) is 16.8 Å². The van der Waals surface area contributed by atoms with Gasteiger partial charge in [0.1, 0.15) is 18.1 Å². The summed E-state index contributed by atoms with van der Waals surface area (Å²) in [6.45, 7) is 0.294. The number of nitrogens with one attached hydrogen (secondary N) is 1. The maximum Gasteiger partial charge on any atom is 0.274 e. The minimum Gasteiger partial charge on any atom is -0.493 e. The van der Waals surface area contributed by atoms with Crippen LogP contribution in [0.3, 0.4) is 0 Å². The van der Waals surface area contributed by atoms with Gasteiger partial charge >= 0.3 is 0 Å². The monoisotopic (exact) mass is 402 g/mol. The molecule has 150 valence electrons. The second kappa shape index (κ2) is 8.61. The van der Waals surface area contributed by atoms with Gasteiger partial charge in [0.25, 0.3) is 5.56 Å². The van der Waals surface area contributed by atoms with E-state index in [0.29, 0.717) is 29.3 Å². The van der Waals surface area contributed by atoms with Crippen LogP contribution in [0.4, 0.5) is 4.39 Å². The molecule has 0 aliphatic carbocycles. The zero-order valence-corrected chi connectivity index (χ0v) is 16.3. The number of para-hydroxylation sites is 2. The Morgan fingerprint density at radius 3 is 2.60 bits per heavy atom. The molecular formula is C24H19FN2O3. The van der Waals surface area contributed by atoms with Gasteiger partial charge in [0.15, 0.2) is 11.5 Å². The molecule has 0 spiro atoms. The van der Waals surface area contributed by atoms with E-state index in [1.54, 1.807) is 37.5 Å². The highest BCUT2D eigenvalue weighted by atomic mass is 19.1. The van der Waals surface area contributed by atoms with Crippen molar-refractivity contribution in [1.82, 2.24) is 9.97 Å². The predicted octanol–water partition coefficient (Wildman–Crippen LogP) is 4.82. The van der Waals surface area contributed by atoms with Crippen LogP contribution in [0.15, 0.2) is 71.5 Å². The summed E-state index contributed by atoms with van der Waals surface area (Å²) in [6.07, 6.45) is 3.46. The number of aromatic amines is 1. The van der Waals surface area contributed by atoms with Crippen LogP contribution in [-0.2, 0) is 6.61 Å². The zero-order valence-electron chi connectivity index (χ0n) is 16.3. The van der Waals surface area contributed by atoms with Crippen molar-refractivity contribution in [2.45, 2.75) is 6.61 Å². The zero-order chi connectivity index (χ0) is 20.9. The molecule has 0 aliphatic heterocycles. The van der Waals surface area contributed by atoms with E-state index in [0.717, 1.165) is 16.6 Å². The summed E-state index contributed by atoms with van der Waals surface area (Å²) in [5.41, 5.74) is 3.17. The van der Waals surface area contributed by atoms with Crippen molar-refractivity contribution in [1.29, 1.82) is 0 Å². The molecular weight excluding hydrogens is 383 g/mol. The number of hydrogen-bond acceptors (Lipinski definition) is 4. The molecule has 5 nitrogen and oxygen atoms in total. The number of aromatic nitrogens is 2. The Labute approximate surface area is 172 Å². The highest BCUT2D eigenvalue weighted by molar-refractivity contribution is 5.76. The quantitative estimate of drug-likeness (QED) is 0.502. The third kappa shape index (κ3) is 4.38. The van der Waals surface area contributed by atoms with Gasteiger partial charge in [-0.05, 0) is 53.6 Å². The van der Waals surface area contributed by atoms with Gasteiger partial charge in [0.2, 0.25) is 0 Å². The number of hydrogen-bond donors (Lipinski definition) is 1. The summed E-state index contributed by atoms with van der Waals surface area (Å²) in [7, 11) is 1.56. The van der Waals surface area contributed by atoms with E-state index < -0.39 is 0 Å². The highest BCUT2D eigenvalue weighted by Crippen LogP contribution is 2.29. The van der Waals surface area contributed by atoms with Crippen molar-refractivity contribution in [2.24, 2.45) is 0 Å². The molecule has 0 atom stereocenters. The third-order valence-electron chi connectivity index (χ3n) is 4.55. The molecule has 3 aromatic carbocycles. The fraction of sp³-hybridized carbons (Fsp3) is 0.0833. The molecule has 0 amide bonds. The Kier molecular flexibility index (Phi) is 5.57. The number of fused-ring (bicyclic) bond motifs is 1. The Morgan fingerprint density at radius 1 is 1.00 bits per heavy atom. The van der Waals surface area contributed by atoms with Crippen LogP contribution in [0.25, 0.3) is 23.2 Å². The lowest BCUT2D eigenvalue weighted by Gasteiger charge is -2.11. The summed E-state index contributed by atoms with van der Waals surface area (Å²) >= 11 is 0. The fourth-order valence-corrected chi connectivity index (χ4v) is 2.98. The normalized spacial score (nSPS) is 11.1. The largest absolute Gasteiger partial charge is 0.493 e. The molecule has 1 aromatic heterocycles. The first-order valence-electron chi connectivity index (χ1n) is 9.35. The number of H-pyrrole nitrogens is 1. The van der Waals surface area contributed by atoms with Crippen molar-refractivity contribution >= 4 is 23.2 Å². The number of benzene rings is 3. The van der Waals surface area contributed by atoms with Gasteiger partial charge in [-0.2, -0.15) is 0 Å². The smallest absolute Gasteiger partial charge is 0.274 e. The summed E-state index contributed by atoms with van der Waals surface area (Å²) in [5.74, 6) is 0.840. The van der Waals surface area contributed by atoms with Crippen molar-refractivity contribution in [3.63, 3.8) is 0 Å². The second-order valence-electron chi connectivity index (χ2n) is 6.63. The topological polar surface area (TPSA) is 64.2 Å². The summed E-state index contributed by atoms with van der Waals surface area (Å²) in [4.78, 5) is 19.5. The van der Waals surface area contributed by atoms with Crippen LogP contribution in [0.5, 0.6) is 11.5 Å². The standard InChI is InChI=1S/C24H19FN2O3/c1-29-23-14-16(9-13-22(23)30-15-17-6-10-18(25)11-7-17)8-12-21-24(28)27-20-5-3-2-4-19(20)26-21/h2-14H,15H2,1H3,(H,27,28)/b12-8+. The molecule has 1 N–H and O–H groups in total. The van der Waals surface area contributed by atoms with E-state index in [2.05, 4.69) is 9.97 Å². The first kappa shape index (κ1) is 19.4. The molecule has 0 bridgehead atoms. The lowest BCUT2D eigenvalue weighted by Crippen LogP contribution is -2.11. The lowest BCUT2D eigenvalue weighted by atomic mass is 10.1. The summed E-state index contributed by atoms with van der Waals surface area (Å²) in [6, 6.07) is 19.0. The number of rotatable bonds is 6. The minimum atomic E-state index is -0.285. The molecule has 6 heteroatoms. The molecule has 0 unspecified atom stereocenters. The average Bonchev–Trinajstić information content (AvgIpc) is 2.77. The lowest BCUT2D eigenvalue weighted by molar-refractivity contribution is 0.284. The molecule has 4 rings (SSSR count). The molecule has 0 aliphatic rings. The maximum atomic E-state index is 13.0. The third-order valence-corrected chi connectivity index (χ3v) is 4.55. The predicted molar refractivity (Wildman–Crippen MR) is 115 cm³/mol. The summed E-state index contributed by atoms with van der Waals surface area (Å²) < 4.78 is 24.2. The summed E-state index contributed by atoms with van der Waals surface area (Å²) in [5, 5.41) is 0. The average molecular weight is 402 g/mol. The van der Waals surface area contributed by atoms with Crippen molar-refractivity contribution in [3.8, 4) is 11.5 Å². The van der Waals surface area contributed by atoms with Gasteiger partial charge in [0, 0.05) is 0 Å². The van der Waals surface area contributed by atoms with E-state index in [1.165, 1.54) is 12.1 Å². The minimum absolute atomic E-state index is 0.254. The maximum absolute atomic E-state index is 13.0. The second-order valence-corrected chi connectivity index (χ2v) is 6.63. The Hall–Kier alpha value is -3.93. The van der Waals surface area contributed by atoms with Crippen molar-refractivity contribution in [3.05, 3.63) is 99.7 Å². The van der Waals surface area contributed by atoms with Gasteiger partial charge in [0.05, 0.1) is 18.1 Å².